The van der Waals surface area contributed by atoms with Crippen molar-refractivity contribution in [2.75, 3.05) is 0 Å². The zero-order valence-electron chi connectivity index (χ0n) is 6.06. The van der Waals surface area contributed by atoms with E-state index in [4.69, 9.17) is 29.5 Å². The number of aliphatic carboxylic acids is 2. The SMILES string of the molecule is O=C(O)/C=C/C(=O)O.O=P(O)(O)O.[CaH2]. The van der Waals surface area contributed by atoms with E-state index >= 15 is 0 Å². The van der Waals surface area contributed by atoms with Gasteiger partial charge in [-0.1, -0.05) is 0 Å². The molecule has 0 heterocycles. The Morgan fingerprint density at radius 3 is 1.14 bits per heavy atom. The Labute approximate surface area is 108 Å². The van der Waals surface area contributed by atoms with Crippen molar-refractivity contribution in [3.05, 3.63) is 12.2 Å². The van der Waals surface area contributed by atoms with E-state index in [1.54, 1.807) is 0 Å². The predicted molar refractivity (Wildman–Crippen MR) is 47.2 cm³/mol. The van der Waals surface area contributed by atoms with Gasteiger partial charge in [0.1, 0.15) is 0 Å². The fourth-order valence-corrected chi connectivity index (χ4v) is 0.143. The van der Waals surface area contributed by atoms with Crippen LogP contribution in [0.3, 0.4) is 0 Å². The molecule has 0 amide bonds. The molecule has 0 aromatic carbocycles. The van der Waals surface area contributed by atoms with Crippen molar-refractivity contribution in [1.29, 1.82) is 0 Å². The normalized spacial score (nSPS) is 9.64. The first-order valence-electron chi connectivity index (χ1n) is 2.55. The number of phosphoric acid groups is 1. The van der Waals surface area contributed by atoms with Gasteiger partial charge in [0, 0.05) is 12.2 Å². The van der Waals surface area contributed by atoms with Crippen molar-refractivity contribution >= 4 is 57.5 Å². The van der Waals surface area contributed by atoms with Gasteiger partial charge in [-0.15, -0.1) is 0 Å². The maximum atomic E-state index is 9.55. The molecule has 80 valence electrons. The molecule has 5 N–H and O–H groups in total. The summed E-state index contributed by atoms with van der Waals surface area (Å²) in [6.07, 6.45) is 1.12. The van der Waals surface area contributed by atoms with Crippen molar-refractivity contribution in [2.45, 2.75) is 0 Å². The molecule has 8 nitrogen and oxygen atoms in total. The molecule has 0 fully saturated rings. The molecule has 10 heteroatoms. The first kappa shape index (κ1) is 19.6. The van der Waals surface area contributed by atoms with Crippen LogP contribution in [0.25, 0.3) is 0 Å². The molecule has 0 spiro atoms. The average molecular weight is 256 g/mol. The van der Waals surface area contributed by atoms with Crippen molar-refractivity contribution in [3.8, 4) is 0 Å². The minimum atomic E-state index is -4.64. The van der Waals surface area contributed by atoms with Gasteiger partial charge < -0.3 is 24.9 Å². The van der Waals surface area contributed by atoms with E-state index in [0.29, 0.717) is 12.2 Å². The van der Waals surface area contributed by atoms with Crippen LogP contribution in [0.15, 0.2) is 12.2 Å². The number of carboxylic acids is 2. The summed E-state index contributed by atoms with van der Waals surface area (Å²) in [7, 11) is -4.64. The second-order valence-electron chi connectivity index (χ2n) is 1.52. The van der Waals surface area contributed by atoms with Crippen molar-refractivity contribution in [1.82, 2.24) is 0 Å². The van der Waals surface area contributed by atoms with E-state index in [9.17, 15) is 9.59 Å². The summed E-state index contributed by atoms with van der Waals surface area (Å²) in [5, 5.41) is 15.6. The summed E-state index contributed by atoms with van der Waals surface area (Å²) in [6, 6.07) is 0. The first-order valence-corrected chi connectivity index (χ1v) is 4.11. The van der Waals surface area contributed by atoms with Gasteiger partial charge in [0.25, 0.3) is 0 Å². The second-order valence-corrected chi connectivity index (χ2v) is 2.55. The number of hydrogen-bond acceptors (Lipinski definition) is 3. The first-order chi connectivity index (χ1) is 5.63. The molecular formula is C4H9CaO8P. The third-order valence-corrected chi connectivity index (χ3v) is 0.368. The molecule has 0 aliphatic heterocycles. The Balaban J connectivity index is -0.000000177. The van der Waals surface area contributed by atoms with Crippen LogP contribution >= 0.6 is 7.82 Å². The van der Waals surface area contributed by atoms with Gasteiger partial charge in [-0.25, -0.2) is 14.2 Å². The summed E-state index contributed by atoms with van der Waals surface area (Å²) in [6.45, 7) is 0. The molecule has 0 aromatic rings. The van der Waals surface area contributed by atoms with Crippen LogP contribution in [-0.4, -0.2) is 74.6 Å². The molecule has 14 heavy (non-hydrogen) atoms. The monoisotopic (exact) mass is 256 g/mol. The average Bonchev–Trinajstić information content (AvgIpc) is 1.79. The van der Waals surface area contributed by atoms with Gasteiger partial charge in [-0.05, 0) is 0 Å². The third-order valence-electron chi connectivity index (χ3n) is 0.368. The van der Waals surface area contributed by atoms with E-state index in [-0.39, 0.29) is 37.7 Å². The molecule has 0 saturated carbocycles. The van der Waals surface area contributed by atoms with Crippen LogP contribution in [0, 0.1) is 0 Å². The molecule has 0 aliphatic rings. The van der Waals surface area contributed by atoms with Crippen LogP contribution in [0.2, 0.25) is 0 Å². The quantitative estimate of drug-likeness (QED) is 0.213. The number of carboxylic acid groups (broad SMARTS) is 2. The summed E-state index contributed by atoms with van der Waals surface area (Å²) >= 11 is 0. The fraction of sp³-hybridized carbons (Fsp3) is 0. The third kappa shape index (κ3) is 57.7. The zero-order valence-corrected chi connectivity index (χ0v) is 6.96. The zero-order chi connectivity index (χ0) is 11.1. The maximum absolute atomic E-state index is 9.55. The Morgan fingerprint density at radius 1 is 0.929 bits per heavy atom. The van der Waals surface area contributed by atoms with Crippen LogP contribution in [-0.2, 0) is 14.2 Å². The van der Waals surface area contributed by atoms with Crippen LogP contribution < -0.4 is 0 Å². The number of carbonyl (C=O) groups is 2. The van der Waals surface area contributed by atoms with Gasteiger partial charge in [0.15, 0.2) is 0 Å². The summed E-state index contributed by atoms with van der Waals surface area (Å²) in [4.78, 5) is 40.7. The number of rotatable bonds is 2. The van der Waals surface area contributed by atoms with Crippen molar-refractivity contribution in [2.24, 2.45) is 0 Å². The topological polar surface area (TPSA) is 152 Å². The Hall–Kier alpha value is 0.0497. The van der Waals surface area contributed by atoms with E-state index < -0.39 is 19.8 Å². The molecule has 0 radical (unpaired) electrons. The summed E-state index contributed by atoms with van der Waals surface area (Å²) in [5.41, 5.74) is 0. The van der Waals surface area contributed by atoms with E-state index in [2.05, 4.69) is 0 Å². The van der Waals surface area contributed by atoms with Crippen molar-refractivity contribution < 1.29 is 39.0 Å². The Kier molecular flexibility index (Phi) is 13.4. The standard InChI is InChI=1S/C4H4O4.Ca.H3O4P.2H/c5-3(6)1-2-4(7)8;;1-5(2,3)4;;/h1-2H,(H,5,6)(H,7,8);;(H3,1,2,3,4);;/b2-1+;;;;. The Morgan fingerprint density at radius 2 is 1.07 bits per heavy atom. The van der Waals surface area contributed by atoms with Gasteiger partial charge in [-0.2, -0.15) is 0 Å². The minimum absolute atomic E-state index is 0. The predicted octanol–water partition coefficient (Wildman–Crippen LogP) is -2.13. The number of hydrogen-bond donors (Lipinski definition) is 5. The van der Waals surface area contributed by atoms with Crippen LogP contribution in [0.4, 0.5) is 0 Å². The molecule has 0 bridgehead atoms. The van der Waals surface area contributed by atoms with Crippen LogP contribution in [0.5, 0.6) is 0 Å². The molecule has 0 aromatic heterocycles. The summed E-state index contributed by atoms with van der Waals surface area (Å²) < 4.78 is 8.88. The van der Waals surface area contributed by atoms with E-state index in [0.717, 1.165) is 0 Å². The molecule has 0 unspecified atom stereocenters. The van der Waals surface area contributed by atoms with E-state index in [1.165, 1.54) is 0 Å². The van der Waals surface area contributed by atoms with Gasteiger partial charge in [0.2, 0.25) is 0 Å². The fourth-order valence-electron chi connectivity index (χ4n) is 0.143. The van der Waals surface area contributed by atoms with Crippen LogP contribution in [0.1, 0.15) is 0 Å². The van der Waals surface area contributed by atoms with E-state index in [1.807, 2.05) is 0 Å². The molecule has 0 saturated heterocycles. The molecule has 0 atom stereocenters. The van der Waals surface area contributed by atoms with Gasteiger partial charge in [0.05, 0.1) is 0 Å². The van der Waals surface area contributed by atoms with Gasteiger partial charge >= 0.3 is 57.5 Å². The molecule has 0 aliphatic carbocycles. The van der Waals surface area contributed by atoms with Gasteiger partial charge in [-0.3, -0.25) is 0 Å². The molecular weight excluding hydrogens is 247 g/mol. The molecule has 0 rings (SSSR count). The second kappa shape index (κ2) is 9.60. The Bertz CT molecular complexity index is 230. The van der Waals surface area contributed by atoms with Crippen molar-refractivity contribution in [3.63, 3.8) is 0 Å². The summed E-state index contributed by atoms with van der Waals surface area (Å²) in [5.74, 6) is -2.51.